The summed E-state index contributed by atoms with van der Waals surface area (Å²) in [6.07, 6.45) is 1.52. The Hall–Kier alpha value is -5.18. The van der Waals surface area contributed by atoms with E-state index in [-0.39, 0.29) is 33.9 Å². The highest BCUT2D eigenvalue weighted by Crippen LogP contribution is 2.48. The van der Waals surface area contributed by atoms with Crippen LogP contribution in [0.3, 0.4) is 0 Å². The number of halogens is 2. The molecule has 5 rings (SSSR count). The number of aromatic carboxylic acids is 1. The van der Waals surface area contributed by atoms with Crippen LogP contribution in [0.1, 0.15) is 26.3 Å². The van der Waals surface area contributed by atoms with Crippen LogP contribution in [0.4, 0.5) is 8.78 Å². The van der Waals surface area contributed by atoms with Crippen molar-refractivity contribution in [2.24, 2.45) is 0 Å². The van der Waals surface area contributed by atoms with Crippen molar-refractivity contribution in [3.05, 3.63) is 101 Å². The van der Waals surface area contributed by atoms with Crippen molar-refractivity contribution in [2.75, 3.05) is 14.2 Å². The fourth-order valence-electron chi connectivity index (χ4n) is 4.82. The number of fused-ring (bicyclic) bond motifs is 1. The van der Waals surface area contributed by atoms with Crippen molar-refractivity contribution in [2.45, 2.75) is 6.92 Å². The van der Waals surface area contributed by atoms with Gasteiger partial charge in [0.25, 0.3) is 5.91 Å². The summed E-state index contributed by atoms with van der Waals surface area (Å²) in [6.45, 7) is 1.65. The average Bonchev–Trinajstić information content (AvgIpc) is 3.41. The number of carboxylic acid groups (broad SMARTS) is 1. The van der Waals surface area contributed by atoms with Gasteiger partial charge in [-0.05, 0) is 78.2 Å². The Morgan fingerprint density at radius 1 is 0.900 bits per heavy atom. The molecule has 0 atom stereocenters. The number of amides is 1. The van der Waals surface area contributed by atoms with E-state index < -0.39 is 23.5 Å². The van der Waals surface area contributed by atoms with Crippen molar-refractivity contribution < 1.29 is 37.4 Å². The minimum Gasteiger partial charge on any atom is -0.495 e. The molecule has 0 radical (unpaired) electrons. The fourth-order valence-corrected chi connectivity index (χ4v) is 4.82. The molecule has 0 saturated carbocycles. The van der Waals surface area contributed by atoms with Crippen LogP contribution in [-0.4, -0.2) is 31.1 Å². The molecular weight excluding hydrogens is 520 g/mol. The van der Waals surface area contributed by atoms with Crippen LogP contribution < -0.4 is 14.8 Å². The molecule has 0 bridgehead atoms. The third-order valence-corrected chi connectivity index (χ3v) is 6.57. The second-order valence-electron chi connectivity index (χ2n) is 8.91. The van der Waals surface area contributed by atoms with Gasteiger partial charge >= 0.3 is 5.97 Å². The zero-order valence-electron chi connectivity index (χ0n) is 21.7. The van der Waals surface area contributed by atoms with Crippen LogP contribution in [-0.2, 0) is 0 Å². The molecule has 202 valence electrons. The van der Waals surface area contributed by atoms with Crippen LogP contribution in [0.2, 0.25) is 0 Å². The topological polar surface area (TPSA) is 98.0 Å². The summed E-state index contributed by atoms with van der Waals surface area (Å²) >= 11 is 0. The first kappa shape index (κ1) is 26.4. The Kier molecular flexibility index (Phi) is 6.96. The molecular formula is C31H23F2NO6. The number of hydrogen-bond acceptors (Lipinski definition) is 5. The highest BCUT2D eigenvalue weighted by molar-refractivity contribution is 6.12. The molecule has 1 amide bonds. The zero-order chi connectivity index (χ0) is 28.6. The van der Waals surface area contributed by atoms with E-state index >= 15 is 0 Å². The zero-order valence-corrected chi connectivity index (χ0v) is 21.7. The summed E-state index contributed by atoms with van der Waals surface area (Å²) in [5.41, 5.74) is 2.05. The minimum absolute atomic E-state index is 0.00240. The van der Waals surface area contributed by atoms with Gasteiger partial charge in [-0.25, -0.2) is 13.6 Å². The molecule has 2 N–H and O–H groups in total. The summed E-state index contributed by atoms with van der Waals surface area (Å²) in [5.74, 6) is -2.87. The number of furan rings is 1. The number of benzene rings is 4. The van der Waals surface area contributed by atoms with E-state index in [0.717, 1.165) is 6.07 Å². The third-order valence-electron chi connectivity index (χ3n) is 6.57. The molecule has 7 nitrogen and oxygen atoms in total. The number of rotatable bonds is 7. The number of carboxylic acids is 1. The van der Waals surface area contributed by atoms with Gasteiger partial charge in [-0.1, -0.05) is 6.07 Å². The molecule has 40 heavy (non-hydrogen) atoms. The van der Waals surface area contributed by atoms with Gasteiger partial charge in [0, 0.05) is 29.6 Å². The lowest BCUT2D eigenvalue weighted by molar-refractivity contribution is 0.0694. The first-order valence-electron chi connectivity index (χ1n) is 12.1. The second kappa shape index (κ2) is 10.5. The maximum absolute atomic E-state index is 14.6. The SMILES string of the molecule is CNC(=O)c1c(C)c(-c2ccc(F)cc2Oc2ccc(F)cc2)c(-c2ccc3occc3c2)c(C(=O)O)c1OC. The molecule has 5 aromatic rings. The van der Waals surface area contributed by atoms with Crippen LogP contribution >= 0.6 is 0 Å². The van der Waals surface area contributed by atoms with Crippen molar-refractivity contribution in [1.82, 2.24) is 5.32 Å². The summed E-state index contributed by atoms with van der Waals surface area (Å²) in [5, 5.41) is 13.7. The fraction of sp³-hybridized carbons (Fsp3) is 0.0968. The number of ether oxygens (including phenoxy) is 2. The van der Waals surface area contributed by atoms with E-state index in [1.54, 1.807) is 31.2 Å². The van der Waals surface area contributed by atoms with Crippen molar-refractivity contribution in [1.29, 1.82) is 0 Å². The molecule has 0 spiro atoms. The Balaban J connectivity index is 1.91. The third kappa shape index (κ3) is 4.62. The van der Waals surface area contributed by atoms with Gasteiger partial charge in [0.2, 0.25) is 0 Å². The summed E-state index contributed by atoms with van der Waals surface area (Å²) in [7, 11) is 2.71. The van der Waals surface area contributed by atoms with Crippen molar-refractivity contribution in [3.8, 4) is 39.5 Å². The van der Waals surface area contributed by atoms with Crippen LogP contribution in [0, 0.1) is 18.6 Å². The molecule has 1 aromatic heterocycles. The molecule has 0 unspecified atom stereocenters. The van der Waals surface area contributed by atoms with E-state index in [9.17, 15) is 23.5 Å². The number of hydrogen-bond donors (Lipinski definition) is 2. The highest BCUT2D eigenvalue weighted by Gasteiger charge is 2.32. The highest BCUT2D eigenvalue weighted by atomic mass is 19.1. The van der Waals surface area contributed by atoms with Gasteiger partial charge in [-0.15, -0.1) is 0 Å². The minimum atomic E-state index is -1.34. The van der Waals surface area contributed by atoms with Gasteiger partial charge in [-0.2, -0.15) is 0 Å². The normalized spacial score (nSPS) is 10.9. The molecule has 4 aromatic carbocycles. The maximum atomic E-state index is 14.6. The standard InChI is InChI=1S/C31H23F2NO6/c1-16-25(22-10-7-20(33)15-24(22)40-21-8-5-19(32)6-9-21)27(18-4-11-23-17(14-18)12-13-39-23)28(31(36)37)29(38-3)26(16)30(35)34-2/h4-15H,1-3H3,(H,34,35)(H,36,37). The maximum Gasteiger partial charge on any atom is 0.340 e. The molecule has 0 aliphatic heterocycles. The van der Waals surface area contributed by atoms with Gasteiger partial charge in [0.15, 0.2) is 0 Å². The first-order chi connectivity index (χ1) is 19.2. The number of nitrogens with one attached hydrogen (secondary N) is 1. The smallest absolute Gasteiger partial charge is 0.340 e. The Bertz CT molecular complexity index is 1780. The summed E-state index contributed by atoms with van der Waals surface area (Å²) < 4.78 is 45.1. The number of carbonyl (C=O) groups excluding carboxylic acids is 1. The van der Waals surface area contributed by atoms with Crippen molar-refractivity contribution >= 4 is 22.8 Å². The molecule has 0 fully saturated rings. The second-order valence-corrected chi connectivity index (χ2v) is 8.91. The molecule has 0 aliphatic carbocycles. The summed E-state index contributed by atoms with van der Waals surface area (Å²) in [4.78, 5) is 26.0. The van der Waals surface area contributed by atoms with Gasteiger partial charge in [-0.3, -0.25) is 4.79 Å². The van der Waals surface area contributed by atoms with E-state index in [1.807, 2.05) is 0 Å². The molecule has 9 heteroatoms. The Morgan fingerprint density at radius 3 is 2.30 bits per heavy atom. The summed E-state index contributed by atoms with van der Waals surface area (Å²) in [6, 6.07) is 15.9. The Labute approximate surface area is 227 Å². The quantitative estimate of drug-likeness (QED) is 0.225. The predicted molar refractivity (Wildman–Crippen MR) is 145 cm³/mol. The number of carbonyl (C=O) groups is 2. The van der Waals surface area contributed by atoms with E-state index in [4.69, 9.17) is 13.9 Å². The lowest BCUT2D eigenvalue weighted by Gasteiger charge is -2.24. The van der Waals surface area contributed by atoms with Gasteiger partial charge in [0.1, 0.15) is 40.0 Å². The lowest BCUT2D eigenvalue weighted by atomic mass is 9.83. The molecule has 0 saturated heterocycles. The monoisotopic (exact) mass is 543 g/mol. The van der Waals surface area contributed by atoms with Crippen LogP contribution in [0.5, 0.6) is 17.2 Å². The number of methoxy groups -OCH3 is 1. The van der Waals surface area contributed by atoms with Crippen molar-refractivity contribution in [3.63, 3.8) is 0 Å². The van der Waals surface area contributed by atoms with E-state index in [1.165, 1.54) is 56.8 Å². The predicted octanol–water partition coefficient (Wildman–Crippen LogP) is 7.21. The molecule has 1 heterocycles. The largest absolute Gasteiger partial charge is 0.495 e. The van der Waals surface area contributed by atoms with Crippen LogP contribution in [0.25, 0.3) is 33.2 Å². The van der Waals surface area contributed by atoms with Crippen LogP contribution in [0.15, 0.2) is 77.4 Å². The lowest BCUT2D eigenvalue weighted by Crippen LogP contribution is -2.22. The van der Waals surface area contributed by atoms with E-state index in [0.29, 0.717) is 33.2 Å². The van der Waals surface area contributed by atoms with E-state index in [2.05, 4.69) is 5.32 Å². The Morgan fingerprint density at radius 2 is 1.62 bits per heavy atom. The van der Waals surface area contributed by atoms with Gasteiger partial charge < -0.3 is 24.3 Å². The average molecular weight is 544 g/mol. The van der Waals surface area contributed by atoms with Gasteiger partial charge in [0.05, 0.1) is 18.9 Å². The first-order valence-corrected chi connectivity index (χ1v) is 12.1. The molecule has 0 aliphatic rings.